The molecule has 0 unspecified atom stereocenters. The quantitative estimate of drug-likeness (QED) is 0.616. The Hall–Kier alpha value is -1.98. The van der Waals surface area contributed by atoms with Gasteiger partial charge in [0.05, 0.1) is 5.69 Å². The summed E-state index contributed by atoms with van der Waals surface area (Å²) < 4.78 is 0. The number of benzene rings is 1. The zero-order valence-electron chi connectivity index (χ0n) is 7.05. The second kappa shape index (κ2) is 2.81. The maximum atomic E-state index is 5.60. The molecule has 6 heteroatoms. The minimum Gasteiger partial charge on any atom is -0.399 e. The first-order valence-corrected chi connectivity index (χ1v) is 3.75. The van der Waals surface area contributed by atoms with Crippen LogP contribution in [0.3, 0.4) is 0 Å². The Balaban J connectivity index is 2.53. The fourth-order valence-corrected chi connectivity index (χ4v) is 1.13. The normalized spacial score (nSPS) is 10.2. The van der Waals surface area contributed by atoms with Crippen LogP contribution in [0.4, 0.5) is 5.69 Å². The van der Waals surface area contributed by atoms with Crippen molar-refractivity contribution in [3.05, 3.63) is 23.8 Å². The number of aryl methyl sites for hydroxylation is 1. The third-order valence-electron chi connectivity index (χ3n) is 1.73. The van der Waals surface area contributed by atoms with Crippen LogP contribution >= 0.6 is 0 Å². The van der Waals surface area contributed by atoms with E-state index in [1.165, 1.54) is 4.80 Å². The summed E-state index contributed by atoms with van der Waals surface area (Å²) in [5.74, 6) is 0. The van der Waals surface area contributed by atoms with Crippen LogP contribution in [0.25, 0.3) is 5.69 Å². The predicted octanol–water partition coefficient (Wildman–Crippen LogP) is -0.0521. The molecular weight excluding hydrogens is 168 g/mol. The van der Waals surface area contributed by atoms with Gasteiger partial charge in [0.15, 0.2) is 0 Å². The molecule has 0 aliphatic heterocycles. The highest BCUT2D eigenvalue weighted by atomic mass is 15.7. The first-order chi connectivity index (χ1) is 6.27. The van der Waals surface area contributed by atoms with Crippen molar-refractivity contribution in [2.24, 2.45) is 0 Å². The average Bonchev–Trinajstić information content (AvgIpc) is 2.56. The lowest BCUT2D eigenvalue weighted by Crippen LogP contribution is -2.02. The number of rotatable bonds is 1. The first-order valence-electron chi connectivity index (χ1n) is 3.75. The Kier molecular flexibility index (Phi) is 1.66. The van der Waals surface area contributed by atoms with Crippen molar-refractivity contribution in [2.45, 2.75) is 6.92 Å². The summed E-state index contributed by atoms with van der Waals surface area (Å²) in [5.41, 5.74) is 8.14. The Bertz CT molecular complexity index is 407. The van der Waals surface area contributed by atoms with Gasteiger partial charge in [0.2, 0.25) is 0 Å². The first kappa shape index (κ1) is 7.66. The molecule has 0 spiro atoms. The van der Waals surface area contributed by atoms with E-state index in [9.17, 15) is 0 Å². The number of hydrogen-bond acceptors (Lipinski definition) is 5. The molecular formula is C7H8N6. The maximum Gasteiger partial charge on any atom is 0.0923 e. The van der Waals surface area contributed by atoms with Crippen LogP contribution in [0.15, 0.2) is 18.2 Å². The lowest BCUT2D eigenvalue weighted by atomic mass is 10.2. The van der Waals surface area contributed by atoms with Crippen molar-refractivity contribution >= 4 is 5.69 Å². The zero-order chi connectivity index (χ0) is 9.26. The fourth-order valence-electron chi connectivity index (χ4n) is 1.13. The number of nitrogens with zero attached hydrogens (tertiary/aromatic N) is 5. The van der Waals surface area contributed by atoms with Gasteiger partial charge in [0.25, 0.3) is 0 Å². The number of nitrogens with two attached hydrogens (primary N) is 1. The second-order valence-corrected chi connectivity index (χ2v) is 2.69. The lowest BCUT2D eigenvalue weighted by Gasteiger charge is -2.02. The van der Waals surface area contributed by atoms with Crippen molar-refractivity contribution in [1.82, 2.24) is 25.7 Å². The van der Waals surface area contributed by atoms with Crippen LogP contribution < -0.4 is 5.73 Å². The van der Waals surface area contributed by atoms with Crippen LogP contribution in [0.2, 0.25) is 0 Å². The molecule has 0 amide bonds. The van der Waals surface area contributed by atoms with Crippen LogP contribution in [0, 0.1) is 6.92 Å². The van der Waals surface area contributed by atoms with E-state index >= 15 is 0 Å². The number of hydrogen-bond donors (Lipinski definition) is 1. The Morgan fingerprint density at radius 1 is 1.23 bits per heavy atom. The molecule has 6 nitrogen and oxygen atoms in total. The molecule has 2 N–H and O–H groups in total. The van der Waals surface area contributed by atoms with Crippen molar-refractivity contribution in [3.8, 4) is 5.69 Å². The monoisotopic (exact) mass is 176 g/mol. The highest BCUT2D eigenvalue weighted by Crippen LogP contribution is 2.14. The Labute approximate surface area is 74.3 Å². The summed E-state index contributed by atoms with van der Waals surface area (Å²) in [6, 6.07) is 5.46. The van der Waals surface area contributed by atoms with Gasteiger partial charge in [-0.1, -0.05) is 0 Å². The molecule has 0 atom stereocenters. The standard InChI is InChI=1S/C7H8N6/c1-5-4-6(8)2-3-7(5)13-11-9-10-12-13/h2-4H,8H2,1H3. The molecule has 66 valence electrons. The second-order valence-electron chi connectivity index (χ2n) is 2.69. The molecule has 1 heterocycles. The van der Waals surface area contributed by atoms with E-state index in [1.807, 2.05) is 19.1 Å². The molecule has 2 rings (SSSR count). The van der Waals surface area contributed by atoms with Gasteiger partial charge in [0, 0.05) is 5.69 Å². The molecule has 0 aliphatic rings. The third-order valence-corrected chi connectivity index (χ3v) is 1.73. The molecule has 0 saturated heterocycles. The topological polar surface area (TPSA) is 82.5 Å². The van der Waals surface area contributed by atoms with Crippen molar-refractivity contribution in [2.75, 3.05) is 5.73 Å². The number of aromatic nitrogens is 5. The zero-order valence-corrected chi connectivity index (χ0v) is 7.05. The molecule has 0 aliphatic carbocycles. The average molecular weight is 176 g/mol. The summed E-state index contributed by atoms with van der Waals surface area (Å²) >= 11 is 0. The van der Waals surface area contributed by atoms with Gasteiger partial charge in [0.1, 0.15) is 0 Å². The number of anilines is 1. The largest absolute Gasteiger partial charge is 0.399 e. The van der Waals surface area contributed by atoms with Gasteiger partial charge in [-0.2, -0.15) is 0 Å². The van der Waals surface area contributed by atoms with Gasteiger partial charge in [-0.3, -0.25) is 0 Å². The van der Waals surface area contributed by atoms with E-state index in [0.29, 0.717) is 5.69 Å². The molecule has 0 bridgehead atoms. The van der Waals surface area contributed by atoms with E-state index in [0.717, 1.165) is 11.3 Å². The molecule has 1 aromatic carbocycles. The van der Waals surface area contributed by atoms with Gasteiger partial charge in [-0.25, -0.2) is 0 Å². The van der Waals surface area contributed by atoms with E-state index in [1.54, 1.807) is 6.07 Å². The van der Waals surface area contributed by atoms with Crippen LogP contribution in [0.5, 0.6) is 0 Å². The van der Waals surface area contributed by atoms with Crippen LogP contribution in [0.1, 0.15) is 5.56 Å². The van der Waals surface area contributed by atoms with Crippen molar-refractivity contribution in [1.29, 1.82) is 0 Å². The molecule has 1 aromatic heterocycles. The smallest absolute Gasteiger partial charge is 0.0923 e. The van der Waals surface area contributed by atoms with E-state index in [-0.39, 0.29) is 0 Å². The molecule has 0 saturated carbocycles. The molecule has 2 aromatic rings. The summed E-state index contributed by atoms with van der Waals surface area (Å²) in [5, 5.41) is 14.1. The predicted molar refractivity (Wildman–Crippen MR) is 46.1 cm³/mol. The molecule has 0 radical (unpaired) electrons. The van der Waals surface area contributed by atoms with Gasteiger partial charge >= 0.3 is 0 Å². The van der Waals surface area contributed by atoms with Gasteiger partial charge < -0.3 is 5.73 Å². The molecule has 0 fully saturated rings. The SMILES string of the molecule is Cc1cc(N)ccc1-n1nnnn1. The van der Waals surface area contributed by atoms with E-state index < -0.39 is 0 Å². The van der Waals surface area contributed by atoms with Gasteiger partial charge in [-0.05, 0) is 51.5 Å². The highest BCUT2D eigenvalue weighted by Gasteiger charge is 2.02. The Morgan fingerprint density at radius 2 is 1.92 bits per heavy atom. The van der Waals surface area contributed by atoms with Crippen LogP contribution in [-0.4, -0.2) is 25.7 Å². The maximum absolute atomic E-state index is 5.60. The number of nitrogen functional groups attached to an aromatic ring is 1. The lowest BCUT2D eigenvalue weighted by molar-refractivity contribution is 0.708. The van der Waals surface area contributed by atoms with Crippen LogP contribution in [-0.2, 0) is 0 Å². The summed E-state index contributed by atoms with van der Waals surface area (Å²) in [6.45, 7) is 1.93. The summed E-state index contributed by atoms with van der Waals surface area (Å²) in [6.07, 6.45) is 0. The van der Waals surface area contributed by atoms with Crippen molar-refractivity contribution in [3.63, 3.8) is 0 Å². The fraction of sp³-hybridized carbons (Fsp3) is 0.143. The van der Waals surface area contributed by atoms with Crippen molar-refractivity contribution < 1.29 is 0 Å². The third kappa shape index (κ3) is 1.33. The van der Waals surface area contributed by atoms with E-state index in [4.69, 9.17) is 5.73 Å². The Morgan fingerprint density at radius 3 is 2.54 bits per heavy atom. The highest BCUT2D eigenvalue weighted by molar-refractivity contribution is 5.49. The summed E-state index contributed by atoms with van der Waals surface area (Å²) in [7, 11) is 0. The minimum atomic E-state index is 0.717. The molecule has 13 heavy (non-hydrogen) atoms. The summed E-state index contributed by atoms with van der Waals surface area (Å²) in [4.78, 5) is 1.36. The minimum absolute atomic E-state index is 0.717. The van der Waals surface area contributed by atoms with Gasteiger partial charge in [-0.15, -0.1) is 4.80 Å². The van der Waals surface area contributed by atoms with E-state index in [2.05, 4.69) is 20.9 Å².